The first-order valence-electron chi connectivity index (χ1n) is 8.67. The van der Waals surface area contributed by atoms with Crippen LogP contribution in [0, 0.1) is 5.92 Å². The van der Waals surface area contributed by atoms with Crippen molar-refractivity contribution >= 4 is 23.6 Å². The van der Waals surface area contributed by atoms with Crippen LogP contribution in [-0.2, 0) is 27.3 Å². The van der Waals surface area contributed by atoms with E-state index in [1.807, 2.05) is 6.07 Å². The van der Waals surface area contributed by atoms with Crippen molar-refractivity contribution in [2.45, 2.75) is 38.3 Å². The van der Waals surface area contributed by atoms with Crippen molar-refractivity contribution in [1.82, 2.24) is 10.2 Å². The zero-order valence-corrected chi connectivity index (χ0v) is 14.4. The summed E-state index contributed by atoms with van der Waals surface area (Å²) in [6.07, 6.45) is 1.41. The summed E-state index contributed by atoms with van der Waals surface area (Å²) in [6, 6.07) is 4.69. The Kier molecular flexibility index (Phi) is 5.03. The number of imide groups is 1. The van der Waals surface area contributed by atoms with Gasteiger partial charge in [0, 0.05) is 24.4 Å². The fourth-order valence-electron chi connectivity index (χ4n) is 3.65. The molecule has 1 fully saturated rings. The highest BCUT2D eigenvalue weighted by molar-refractivity contribution is 6.05. The van der Waals surface area contributed by atoms with Crippen LogP contribution in [0.3, 0.4) is 0 Å². The first kappa shape index (κ1) is 18.1. The number of nitrogens with zero attached hydrogens (tertiary/aromatic N) is 1. The molecule has 0 spiro atoms. The molecular weight excluding hydrogens is 336 g/mol. The lowest BCUT2D eigenvalue weighted by molar-refractivity contribution is -0.137. The molecule has 2 aliphatic heterocycles. The van der Waals surface area contributed by atoms with E-state index in [1.54, 1.807) is 12.1 Å². The third-order valence-electron chi connectivity index (χ3n) is 5.06. The van der Waals surface area contributed by atoms with Gasteiger partial charge < -0.3 is 16.4 Å². The van der Waals surface area contributed by atoms with Gasteiger partial charge in [-0.1, -0.05) is 12.1 Å². The van der Waals surface area contributed by atoms with Crippen molar-refractivity contribution in [3.05, 3.63) is 34.9 Å². The molecule has 2 unspecified atom stereocenters. The van der Waals surface area contributed by atoms with Gasteiger partial charge in [-0.25, -0.2) is 0 Å². The van der Waals surface area contributed by atoms with Crippen molar-refractivity contribution in [2.24, 2.45) is 17.4 Å². The van der Waals surface area contributed by atoms with Crippen LogP contribution in [-0.4, -0.2) is 41.1 Å². The lowest BCUT2D eigenvalue weighted by Crippen LogP contribution is -2.52. The van der Waals surface area contributed by atoms with Gasteiger partial charge in [0.05, 0.1) is 0 Å². The third kappa shape index (κ3) is 3.32. The van der Waals surface area contributed by atoms with E-state index in [4.69, 9.17) is 11.5 Å². The van der Waals surface area contributed by atoms with E-state index in [9.17, 15) is 19.2 Å². The molecule has 4 amide bonds. The number of nitrogens with one attached hydrogen (secondary N) is 1. The summed E-state index contributed by atoms with van der Waals surface area (Å²) in [5.41, 5.74) is 13.2. The van der Waals surface area contributed by atoms with Crippen molar-refractivity contribution < 1.29 is 19.2 Å². The molecule has 5 N–H and O–H groups in total. The van der Waals surface area contributed by atoms with Crippen LogP contribution >= 0.6 is 0 Å². The van der Waals surface area contributed by atoms with Crippen LogP contribution in [0.1, 0.15) is 40.7 Å². The molecule has 1 saturated heterocycles. The molecule has 3 rings (SSSR count). The monoisotopic (exact) mass is 358 g/mol. The molecule has 138 valence electrons. The van der Waals surface area contributed by atoms with Gasteiger partial charge in [-0.05, 0) is 43.0 Å². The number of amides is 4. The van der Waals surface area contributed by atoms with Crippen LogP contribution in [0.5, 0.6) is 0 Å². The number of primary amides is 1. The van der Waals surface area contributed by atoms with E-state index in [0.29, 0.717) is 31.4 Å². The molecular formula is C18H22N4O4. The molecule has 1 aromatic rings. The highest BCUT2D eigenvalue weighted by atomic mass is 16.2. The minimum absolute atomic E-state index is 0.212. The van der Waals surface area contributed by atoms with Crippen LogP contribution in [0.25, 0.3) is 0 Å². The molecule has 2 atom stereocenters. The van der Waals surface area contributed by atoms with Crippen molar-refractivity contribution in [3.63, 3.8) is 0 Å². The molecule has 0 radical (unpaired) electrons. The summed E-state index contributed by atoms with van der Waals surface area (Å²) in [5, 5.41) is 2.29. The van der Waals surface area contributed by atoms with Crippen LogP contribution in [0.4, 0.5) is 0 Å². The minimum atomic E-state index is -0.656. The molecule has 26 heavy (non-hydrogen) atoms. The van der Waals surface area contributed by atoms with E-state index in [2.05, 4.69) is 5.32 Å². The predicted molar refractivity (Wildman–Crippen MR) is 92.5 cm³/mol. The summed E-state index contributed by atoms with van der Waals surface area (Å²) in [7, 11) is 0. The van der Waals surface area contributed by atoms with Crippen LogP contribution in [0.15, 0.2) is 18.2 Å². The molecule has 0 aromatic heterocycles. The number of piperidine rings is 1. The zero-order valence-electron chi connectivity index (χ0n) is 14.4. The standard InChI is InChI=1S/C18H22N4O4/c19-7-6-11(16(20)24)8-10-2-1-3-12-13(10)9-22(18(12)26)14-4-5-15(23)21-17(14)25/h1-3,11,14H,4-9,19H2,(H2,20,24)(H,21,23,25). The second kappa shape index (κ2) is 7.25. The van der Waals surface area contributed by atoms with Gasteiger partial charge >= 0.3 is 0 Å². The van der Waals surface area contributed by atoms with E-state index >= 15 is 0 Å². The smallest absolute Gasteiger partial charge is 0.255 e. The second-order valence-electron chi connectivity index (χ2n) is 6.72. The van der Waals surface area contributed by atoms with Gasteiger partial charge in [0.1, 0.15) is 6.04 Å². The fraction of sp³-hybridized carbons (Fsp3) is 0.444. The number of benzene rings is 1. The molecule has 0 saturated carbocycles. The maximum Gasteiger partial charge on any atom is 0.255 e. The van der Waals surface area contributed by atoms with E-state index in [0.717, 1.165) is 11.1 Å². The average Bonchev–Trinajstić information content (AvgIpc) is 2.92. The van der Waals surface area contributed by atoms with Gasteiger partial charge in [-0.15, -0.1) is 0 Å². The van der Waals surface area contributed by atoms with Crippen LogP contribution < -0.4 is 16.8 Å². The molecule has 8 heteroatoms. The van der Waals surface area contributed by atoms with E-state index in [1.165, 1.54) is 4.90 Å². The molecule has 0 aliphatic carbocycles. The topological polar surface area (TPSA) is 136 Å². The van der Waals surface area contributed by atoms with Gasteiger partial charge in [0.15, 0.2) is 0 Å². The number of carbonyl (C=O) groups excluding carboxylic acids is 4. The number of carbonyl (C=O) groups is 4. The Labute approximate surface area is 150 Å². The molecule has 8 nitrogen and oxygen atoms in total. The summed E-state index contributed by atoms with van der Waals surface area (Å²) < 4.78 is 0. The van der Waals surface area contributed by atoms with Gasteiger partial charge in [-0.3, -0.25) is 24.5 Å². The highest BCUT2D eigenvalue weighted by Gasteiger charge is 2.39. The summed E-state index contributed by atoms with van der Waals surface area (Å²) in [6.45, 7) is 0.634. The third-order valence-corrected chi connectivity index (χ3v) is 5.06. The number of nitrogens with two attached hydrogens (primary N) is 2. The highest BCUT2D eigenvalue weighted by Crippen LogP contribution is 2.31. The summed E-state index contributed by atoms with van der Waals surface area (Å²) in [4.78, 5) is 49.4. The minimum Gasteiger partial charge on any atom is -0.369 e. The van der Waals surface area contributed by atoms with Crippen LogP contribution in [0.2, 0.25) is 0 Å². The Morgan fingerprint density at radius 1 is 1.31 bits per heavy atom. The maximum atomic E-state index is 12.8. The van der Waals surface area contributed by atoms with E-state index < -0.39 is 23.8 Å². The quantitative estimate of drug-likeness (QED) is 0.586. The Hall–Kier alpha value is -2.74. The fourth-order valence-corrected chi connectivity index (χ4v) is 3.65. The molecule has 1 aromatic carbocycles. The van der Waals surface area contributed by atoms with Gasteiger partial charge in [-0.2, -0.15) is 0 Å². The normalized spacial score (nSPS) is 20.7. The van der Waals surface area contributed by atoms with Crippen molar-refractivity contribution in [1.29, 1.82) is 0 Å². The number of hydrogen-bond acceptors (Lipinski definition) is 5. The molecule has 0 bridgehead atoms. The lowest BCUT2D eigenvalue weighted by Gasteiger charge is -2.29. The predicted octanol–water partition coefficient (Wildman–Crippen LogP) is -0.560. The van der Waals surface area contributed by atoms with E-state index in [-0.39, 0.29) is 24.8 Å². The number of hydrogen-bond donors (Lipinski definition) is 3. The zero-order chi connectivity index (χ0) is 18.8. The van der Waals surface area contributed by atoms with Gasteiger partial charge in [0.25, 0.3) is 5.91 Å². The maximum absolute atomic E-state index is 12.8. The average molecular weight is 358 g/mol. The second-order valence-corrected chi connectivity index (χ2v) is 6.72. The number of rotatable bonds is 6. The van der Waals surface area contributed by atoms with Gasteiger partial charge in [0.2, 0.25) is 17.7 Å². The summed E-state index contributed by atoms with van der Waals surface area (Å²) >= 11 is 0. The largest absolute Gasteiger partial charge is 0.369 e. The van der Waals surface area contributed by atoms with Crippen molar-refractivity contribution in [2.75, 3.05) is 6.54 Å². The first-order valence-corrected chi connectivity index (χ1v) is 8.67. The molecule has 2 aliphatic rings. The summed E-state index contributed by atoms with van der Waals surface area (Å²) in [5.74, 6) is -1.80. The SMILES string of the molecule is NCCC(Cc1cccc2c1CN(C1CCC(=O)NC1=O)C2=O)C(N)=O. The molecule has 2 heterocycles. The number of fused-ring (bicyclic) bond motifs is 1. The Bertz CT molecular complexity index is 776. The van der Waals surface area contributed by atoms with Crippen molar-refractivity contribution in [3.8, 4) is 0 Å². The Morgan fingerprint density at radius 2 is 2.08 bits per heavy atom. The Morgan fingerprint density at radius 3 is 2.73 bits per heavy atom. The lowest BCUT2D eigenvalue weighted by atomic mass is 9.91. The Balaban J connectivity index is 1.84. The first-order chi connectivity index (χ1) is 12.4.